The second kappa shape index (κ2) is 5.53. The lowest BCUT2D eigenvalue weighted by Gasteiger charge is -2.29. The van der Waals surface area contributed by atoms with Crippen LogP contribution in [-0.4, -0.2) is 26.6 Å². The van der Waals surface area contributed by atoms with Gasteiger partial charge in [-0.1, -0.05) is 24.3 Å². The van der Waals surface area contributed by atoms with Crippen LogP contribution in [0.5, 0.6) is 0 Å². The number of fused-ring (bicyclic) bond motifs is 1. The molecule has 22 heavy (non-hydrogen) atoms. The number of carbonyl (C=O) groups excluding carboxylic acids is 1. The van der Waals surface area contributed by atoms with Gasteiger partial charge >= 0.3 is 0 Å². The average Bonchev–Trinajstić information content (AvgIpc) is 2.50. The summed E-state index contributed by atoms with van der Waals surface area (Å²) in [4.78, 5) is 14.1. The summed E-state index contributed by atoms with van der Waals surface area (Å²) in [7, 11) is -3.33. The minimum absolute atomic E-state index is 0.0842. The molecule has 1 aliphatic rings. The van der Waals surface area contributed by atoms with Crippen LogP contribution in [0.1, 0.15) is 5.56 Å². The van der Waals surface area contributed by atoms with Crippen molar-refractivity contribution in [3.63, 3.8) is 0 Å². The molecule has 2 aromatic rings. The van der Waals surface area contributed by atoms with Crippen LogP contribution in [0.25, 0.3) is 0 Å². The Bertz CT molecular complexity index is 816. The number of hydrogen-bond acceptors (Lipinski definition) is 3. The number of benzene rings is 2. The lowest BCUT2D eigenvalue weighted by Crippen LogP contribution is -2.40. The quantitative estimate of drug-likeness (QED) is 0.852. The zero-order valence-electron chi connectivity index (χ0n) is 11.7. The fourth-order valence-electron chi connectivity index (χ4n) is 2.52. The maximum Gasteiger partial charge on any atom is 0.231 e. The van der Waals surface area contributed by atoms with Crippen molar-refractivity contribution in [2.24, 2.45) is 0 Å². The topological polar surface area (TPSA) is 54.5 Å². The lowest BCUT2D eigenvalue weighted by atomic mass is 10.1. The first-order chi connectivity index (χ1) is 10.5. The number of rotatable bonds is 2. The summed E-state index contributed by atoms with van der Waals surface area (Å²) in [6.45, 7) is 0.138. The number of halogens is 1. The SMILES string of the molecule is O=C(Cc1ccc(F)cc1)N1CCS(=O)(=O)c2ccccc21. The van der Waals surface area contributed by atoms with Crippen molar-refractivity contribution < 1.29 is 17.6 Å². The predicted molar refractivity (Wildman–Crippen MR) is 81.0 cm³/mol. The van der Waals surface area contributed by atoms with Gasteiger partial charge in [-0.05, 0) is 29.8 Å². The molecule has 3 rings (SSSR count). The summed E-state index contributed by atoms with van der Waals surface area (Å²) >= 11 is 0. The summed E-state index contributed by atoms with van der Waals surface area (Å²) in [5, 5.41) is 0. The first-order valence-electron chi connectivity index (χ1n) is 6.84. The van der Waals surface area contributed by atoms with E-state index in [2.05, 4.69) is 0 Å². The van der Waals surface area contributed by atoms with E-state index in [4.69, 9.17) is 0 Å². The molecule has 0 bridgehead atoms. The van der Waals surface area contributed by atoms with Crippen LogP contribution in [0, 0.1) is 5.82 Å². The molecule has 0 unspecified atom stereocenters. The highest BCUT2D eigenvalue weighted by Crippen LogP contribution is 2.30. The van der Waals surface area contributed by atoms with Gasteiger partial charge in [0, 0.05) is 6.54 Å². The van der Waals surface area contributed by atoms with Crippen molar-refractivity contribution >= 4 is 21.4 Å². The molecule has 0 N–H and O–H groups in total. The molecule has 1 amide bonds. The monoisotopic (exact) mass is 319 g/mol. The maximum atomic E-state index is 12.9. The Labute approximate surface area is 128 Å². The van der Waals surface area contributed by atoms with Crippen molar-refractivity contribution in [1.29, 1.82) is 0 Å². The molecule has 0 saturated heterocycles. The van der Waals surface area contributed by atoms with Gasteiger partial charge in [-0.15, -0.1) is 0 Å². The van der Waals surface area contributed by atoms with Gasteiger partial charge in [0.15, 0.2) is 9.84 Å². The Morgan fingerprint density at radius 2 is 1.77 bits per heavy atom. The highest BCUT2D eigenvalue weighted by molar-refractivity contribution is 7.91. The molecule has 2 aromatic carbocycles. The zero-order chi connectivity index (χ0) is 15.7. The van der Waals surface area contributed by atoms with E-state index in [0.29, 0.717) is 11.3 Å². The number of nitrogens with zero attached hydrogens (tertiary/aromatic N) is 1. The lowest BCUT2D eigenvalue weighted by molar-refractivity contribution is -0.118. The van der Waals surface area contributed by atoms with Gasteiger partial charge < -0.3 is 4.90 Å². The van der Waals surface area contributed by atoms with Crippen LogP contribution in [-0.2, 0) is 21.1 Å². The summed E-state index contributed by atoms with van der Waals surface area (Å²) in [6.07, 6.45) is 0.106. The van der Waals surface area contributed by atoms with Crippen LogP contribution >= 0.6 is 0 Å². The number of sulfone groups is 1. The van der Waals surface area contributed by atoms with Crippen LogP contribution in [0.2, 0.25) is 0 Å². The van der Waals surface area contributed by atoms with E-state index in [1.165, 1.54) is 23.1 Å². The van der Waals surface area contributed by atoms with Gasteiger partial charge in [-0.2, -0.15) is 0 Å². The third kappa shape index (κ3) is 2.74. The Morgan fingerprint density at radius 3 is 2.50 bits per heavy atom. The van der Waals surface area contributed by atoms with Gasteiger partial charge in [-0.25, -0.2) is 12.8 Å². The van der Waals surface area contributed by atoms with Gasteiger partial charge in [-0.3, -0.25) is 4.79 Å². The molecule has 1 heterocycles. The zero-order valence-corrected chi connectivity index (χ0v) is 12.5. The molecule has 0 fully saturated rings. The van der Waals surface area contributed by atoms with E-state index in [1.54, 1.807) is 30.3 Å². The second-order valence-electron chi connectivity index (χ2n) is 5.14. The second-order valence-corrected chi connectivity index (χ2v) is 7.21. The molecule has 6 heteroatoms. The van der Waals surface area contributed by atoms with E-state index in [0.717, 1.165) is 0 Å². The molecular weight excluding hydrogens is 305 g/mol. The largest absolute Gasteiger partial charge is 0.310 e. The Morgan fingerprint density at radius 1 is 1.09 bits per heavy atom. The van der Waals surface area contributed by atoms with Crippen LogP contribution in [0.15, 0.2) is 53.4 Å². The van der Waals surface area contributed by atoms with E-state index in [9.17, 15) is 17.6 Å². The van der Waals surface area contributed by atoms with Crippen molar-refractivity contribution in [1.82, 2.24) is 0 Å². The van der Waals surface area contributed by atoms with E-state index in [1.807, 2.05) is 0 Å². The predicted octanol–water partition coefficient (Wildman–Crippen LogP) is 2.19. The Kier molecular flexibility index (Phi) is 3.70. The van der Waals surface area contributed by atoms with Crippen molar-refractivity contribution in [3.05, 3.63) is 59.9 Å². The first kappa shape index (κ1) is 14.7. The number of para-hydroxylation sites is 1. The Hall–Kier alpha value is -2.21. The van der Waals surface area contributed by atoms with Gasteiger partial charge in [0.25, 0.3) is 0 Å². The van der Waals surface area contributed by atoms with Crippen molar-refractivity contribution in [2.75, 3.05) is 17.2 Å². The van der Waals surface area contributed by atoms with Crippen LogP contribution in [0.3, 0.4) is 0 Å². The van der Waals surface area contributed by atoms with E-state index < -0.39 is 9.84 Å². The average molecular weight is 319 g/mol. The van der Waals surface area contributed by atoms with Gasteiger partial charge in [0.1, 0.15) is 5.82 Å². The van der Waals surface area contributed by atoms with Crippen molar-refractivity contribution in [3.8, 4) is 0 Å². The summed E-state index contributed by atoms with van der Waals surface area (Å²) in [5.41, 5.74) is 1.11. The molecule has 0 aromatic heterocycles. The Balaban J connectivity index is 1.89. The molecular formula is C16H14FNO3S. The highest BCUT2D eigenvalue weighted by atomic mass is 32.2. The molecule has 0 spiro atoms. The number of anilines is 1. The summed E-state index contributed by atoms with van der Waals surface area (Å²) < 4.78 is 37.0. The van der Waals surface area contributed by atoms with Gasteiger partial charge in [0.05, 0.1) is 22.8 Å². The number of hydrogen-bond donors (Lipinski definition) is 0. The van der Waals surface area contributed by atoms with E-state index >= 15 is 0 Å². The molecule has 4 nitrogen and oxygen atoms in total. The fourth-order valence-corrected chi connectivity index (χ4v) is 3.94. The van der Waals surface area contributed by atoms with E-state index in [-0.39, 0.29) is 35.3 Å². The molecule has 1 aliphatic heterocycles. The maximum absolute atomic E-state index is 12.9. The third-order valence-corrected chi connectivity index (χ3v) is 5.38. The first-order valence-corrected chi connectivity index (χ1v) is 8.49. The van der Waals surface area contributed by atoms with Crippen LogP contribution in [0.4, 0.5) is 10.1 Å². The number of amides is 1. The minimum Gasteiger partial charge on any atom is -0.310 e. The fraction of sp³-hybridized carbons (Fsp3) is 0.188. The standard InChI is InChI=1S/C16H14FNO3S/c17-13-7-5-12(6-8-13)11-16(19)18-9-10-22(20,21)15-4-2-1-3-14(15)18/h1-8H,9-11H2. The smallest absolute Gasteiger partial charge is 0.231 e. The molecule has 0 aliphatic carbocycles. The van der Waals surface area contributed by atoms with Gasteiger partial charge in [0.2, 0.25) is 5.91 Å². The normalized spacial score (nSPS) is 16.1. The third-order valence-electron chi connectivity index (χ3n) is 3.64. The summed E-state index contributed by atoms with van der Waals surface area (Å²) in [6, 6.07) is 12.2. The molecule has 0 saturated carbocycles. The minimum atomic E-state index is -3.33. The number of carbonyl (C=O) groups is 1. The molecule has 0 radical (unpaired) electrons. The van der Waals surface area contributed by atoms with Crippen molar-refractivity contribution in [2.45, 2.75) is 11.3 Å². The molecule has 114 valence electrons. The highest BCUT2D eigenvalue weighted by Gasteiger charge is 2.30. The summed E-state index contributed by atoms with van der Waals surface area (Å²) in [5.74, 6) is -0.640. The van der Waals surface area contributed by atoms with Crippen LogP contribution < -0.4 is 4.90 Å². The molecule has 0 atom stereocenters.